The van der Waals surface area contributed by atoms with Crippen molar-refractivity contribution in [3.05, 3.63) is 47.6 Å². The molecular formula is C24H30N4OS. The van der Waals surface area contributed by atoms with E-state index in [1.54, 1.807) is 5.57 Å². The highest BCUT2D eigenvalue weighted by molar-refractivity contribution is 7.98. The van der Waals surface area contributed by atoms with Crippen LogP contribution in [0.4, 0.5) is 5.69 Å². The van der Waals surface area contributed by atoms with Crippen LogP contribution in [0.2, 0.25) is 0 Å². The van der Waals surface area contributed by atoms with Crippen LogP contribution in [-0.4, -0.2) is 27.7 Å². The number of para-hydroxylation sites is 1. The van der Waals surface area contributed by atoms with E-state index in [1.807, 2.05) is 24.5 Å². The second kappa shape index (κ2) is 9.21. The molecule has 0 radical (unpaired) electrons. The number of nitrogens with one attached hydrogen (secondary N) is 1. The SMILES string of the molecule is CSc1nnc2c(n1)O[C@H]([C@H]1CCC(CCC=C(C)C)=C[C@@H]1C)Nc1ccccc1-2. The molecule has 0 saturated carbocycles. The van der Waals surface area contributed by atoms with Gasteiger partial charge in [0.25, 0.3) is 0 Å². The molecule has 1 N–H and O–H groups in total. The summed E-state index contributed by atoms with van der Waals surface area (Å²) < 4.78 is 6.46. The third-order valence-electron chi connectivity index (χ3n) is 5.92. The van der Waals surface area contributed by atoms with Crippen LogP contribution in [0.25, 0.3) is 11.3 Å². The van der Waals surface area contributed by atoms with Gasteiger partial charge < -0.3 is 10.1 Å². The lowest BCUT2D eigenvalue weighted by atomic mass is 9.79. The highest BCUT2D eigenvalue weighted by atomic mass is 32.2. The number of fused-ring (bicyclic) bond motifs is 3. The van der Waals surface area contributed by atoms with Crippen LogP contribution in [-0.2, 0) is 0 Å². The molecule has 1 aliphatic heterocycles. The molecule has 0 saturated heterocycles. The van der Waals surface area contributed by atoms with Crippen molar-refractivity contribution in [3.8, 4) is 17.1 Å². The summed E-state index contributed by atoms with van der Waals surface area (Å²) in [6.07, 6.45) is 11.1. The van der Waals surface area contributed by atoms with Crippen molar-refractivity contribution in [2.24, 2.45) is 11.8 Å². The predicted molar refractivity (Wildman–Crippen MR) is 124 cm³/mol. The van der Waals surface area contributed by atoms with E-state index in [2.05, 4.69) is 59.5 Å². The minimum Gasteiger partial charge on any atom is -0.452 e. The molecule has 1 aliphatic carbocycles. The van der Waals surface area contributed by atoms with E-state index in [0.717, 1.165) is 36.9 Å². The number of allylic oxidation sites excluding steroid dienone is 4. The zero-order valence-electron chi connectivity index (χ0n) is 18.2. The Balaban J connectivity index is 1.59. The first-order valence-corrected chi connectivity index (χ1v) is 11.9. The molecule has 1 aromatic carbocycles. The van der Waals surface area contributed by atoms with Crippen molar-refractivity contribution in [2.75, 3.05) is 11.6 Å². The summed E-state index contributed by atoms with van der Waals surface area (Å²) in [5.41, 5.74) is 5.69. The van der Waals surface area contributed by atoms with E-state index >= 15 is 0 Å². The van der Waals surface area contributed by atoms with Crippen molar-refractivity contribution in [1.29, 1.82) is 0 Å². The maximum atomic E-state index is 6.46. The fourth-order valence-corrected chi connectivity index (χ4v) is 4.62. The molecule has 2 aromatic rings. The number of anilines is 1. The fourth-order valence-electron chi connectivity index (χ4n) is 4.32. The van der Waals surface area contributed by atoms with Gasteiger partial charge in [0, 0.05) is 17.2 Å². The van der Waals surface area contributed by atoms with Crippen LogP contribution in [0.15, 0.2) is 52.7 Å². The van der Waals surface area contributed by atoms with Crippen molar-refractivity contribution >= 4 is 17.4 Å². The number of ether oxygens (including phenoxy) is 1. The fraction of sp³-hybridized carbons (Fsp3) is 0.458. The lowest BCUT2D eigenvalue weighted by Crippen LogP contribution is -2.39. The number of thioether (sulfide) groups is 1. The number of hydrogen-bond donors (Lipinski definition) is 1. The van der Waals surface area contributed by atoms with Gasteiger partial charge >= 0.3 is 0 Å². The molecule has 0 unspecified atom stereocenters. The number of rotatable bonds is 5. The Morgan fingerprint density at radius 3 is 2.87 bits per heavy atom. The molecule has 2 aliphatic rings. The summed E-state index contributed by atoms with van der Waals surface area (Å²) in [6.45, 7) is 6.64. The summed E-state index contributed by atoms with van der Waals surface area (Å²) in [7, 11) is 0. The third kappa shape index (κ3) is 4.53. The average molecular weight is 423 g/mol. The number of aromatic nitrogens is 3. The minimum atomic E-state index is -0.149. The summed E-state index contributed by atoms with van der Waals surface area (Å²) in [6, 6.07) is 8.18. The summed E-state index contributed by atoms with van der Waals surface area (Å²) in [4.78, 5) is 4.64. The van der Waals surface area contributed by atoms with Gasteiger partial charge in [0.15, 0.2) is 11.9 Å². The van der Waals surface area contributed by atoms with E-state index in [0.29, 0.717) is 28.6 Å². The molecule has 0 spiro atoms. The minimum absolute atomic E-state index is 0.149. The molecule has 0 bridgehead atoms. The Labute approximate surface area is 183 Å². The van der Waals surface area contributed by atoms with Gasteiger partial charge in [0.05, 0.1) is 0 Å². The maximum absolute atomic E-state index is 6.46. The summed E-state index contributed by atoms with van der Waals surface area (Å²) >= 11 is 1.48. The Bertz CT molecular complexity index is 967. The highest BCUT2D eigenvalue weighted by Crippen LogP contribution is 2.41. The molecular weight excluding hydrogens is 392 g/mol. The second-order valence-electron chi connectivity index (χ2n) is 8.39. The number of nitrogens with zero attached hydrogens (tertiary/aromatic N) is 3. The molecule has 0 amide bonds. The standard InChI is InChI=1S/C24H30N4OS/c1-15(2)8-7-9-17-12-13-18(16(3)14-17)22-25-20-11-6-5-10-19(20)21-23(29-22)26-24(30-4)28-27-21/h5-6,8,10-11,14,16,18,22,25H,7,9,12-13H2,1-4H3/t16-,18-,22+/m0/s1. The average Bonchev–Trinajstić information content (AvgIpc) is 2.89. The van der Waals surface area contributed by atoms with Gasteiger partial charge in [-0.2, -0.15) is 4.98 Å². The molecule has 30 heavy (non-hydrogen) atoms. The van der Waals surface area contributed by atoms with Crippen LogP contribution in [0.5, 0.6) is 5.88 Å². The Kier molecular flexibility index (Phi) is 6.42. The molecule has 158 valence electrons. The molecule has 0 fully saturated rings. The van der Waals surface area contributed by atoms with Crippen LogP contribution in [0.1, 0.15) is 46.5 Å². The van der Waals surface area contributed by atoms with Crippen LogP contribution in [0, 0.1) is 11.8 Å². The van der Waals surface area contributed by atoms with E-state index in [4.69, 9.17) is 4.74 Å². The Morgan fingerprint density at radius 2 is 2.10 bits per heavy atom. The van der Waals surface area contributed by atoms with E-state index in [1.165, 1.54) is 17.3 Å². The van der Waals surface area contributed by atoms with E-state index in [-0.39, 0.29) is 6.23 Å². The molecule has 4 rings (SSSR count). The maximum Gasteiger partial charge on any atom is 0.247 e. The first kappa shape index (κ1) is 20.9. The van der Waals surface area contributed by atoms with Crippen LogP contribution in [0.3, 0.4) is 0 Å². The zero-order valence-corrected chi connectivity index (χ0v) is 19.0. The predicted octanol–water partition coefficient (Wildman–Crippen LogP) is 6.11. The summed E-state index contributed by atoms with van der Waals surface area (Å²) in [5, 5.41) is 12.9. The van der Waals surface area contributed by atoms with Gasteiger partial charge in [-0.15, -0.1) is 10.2 Å². The lowest BCUT2D eigenvalue weighted by molar-refractivity contribution is 0.120. The Hall–Kier alpha value is -2.34. The first-order chi connectivity index (χ1) is 14.5. The van der Waals surface area contributed by atoms with Crippen molar-refractivity contribution in [3.63, 3.8) is 0 Å². The van der Waals surface area contributed by atoms with E-state index < -0.39 is 0 Å². The Morgan fingerprint density at radius 1 is 1.27 bits per heavy atom. The van der Waals surface area contributed by atoms with Gasteiger partial charge in [-0.25, -0.2) is 0 Å². The molecule has 2 heterocycles. The van der Waals surface area contributed by atoms with Gasteiger partial charge in [-0.1, -0.05) is 60.2 Å². The lowest BCUT2D eigenvalue weighted by Gasteiger charge is -2.34. The van der Waals surface area contributed by atoms with Gasteiger partial charge in [0.1, 0.15) is 0 Å². The zero-order chi connectivity index (χ0) is 21.1. The van der Waals surface area contributed by atoms with Crippen LogP contribution < -0.4 is 10.1 Å². The van der Waals surface area contributed by atoms with Crippen molar-refractivity contribution < 1.29 is 4.74 Å². The van der Waals surface area contributed by atoms with E-state index in [9.17, 15) is 0 Å². The smallest absolute Gasteiger partial charge is 0.247 e. The largest absolute Gasteiger partial charge is 0.452 e. The van der Waals surface area contributed by atoms with Gasteiger partial charge in [0.2, 0.25) is 11.0 Å². The van der Waals surface area contributed by atoms with Crippen LogP contribution >= 0.6 is 11.8 Å². The second-order valence-corrected chi connectivity index (χ2v) is 9.16. The molecule has 1 aromatic heterocycles. The summed E-state index contributed by atoms with van der Waals surface area (Å²) in [5.74, 6) is 1.37. The first-order valence-electron chi connectivity index (χ1n) is 10.7. The third-order valence-corrected chi connectivity index (χ3v) is 6.45. The quantitative estimate of drug-likeness (QED) is 0.463. The molecule has 3 atom stereocenters. The monoisotopic (exact) mass is 422 g/mol. The van der Waals surface area contributed by atoms with Crippen molar-refractivity contribution in [1.82, 2.24) is 15.2 Å². The molecule has 6 heteroatoms. The van der Waals surface area contributed by atoms with Crippen molar-refractivity contribution in [2.45, 2.75) is 57.8 Å². The number of hydrogen-bond acceptors (Lipinski definition) is 6. The molecule has 5 nitrogen and oxygen atoms in total. The van der Waals surface area contributed by atoms with Gasteiger partial charge in [-0.3, -0.25) is 0 Å². The topological polar surface area (TPSA) is 59.9 Å². The highest BCUT2D eigenvalue weighted by Gasteiger charge is 2.34. The number of benzene rings is 1. The normalized spacial score (nSPS) is 22.5. The van der Waals surface area contributed by atoms with Gasteiger partial charge in [-0.05, 0) is 57.8 Å².